The van der Waals surface area contributed by atoms with Gasteiger partial charge in [-0.25, -0.2) is 0 Å². The Labute approximate surface area is 153 Å². The Balaban J connectivity index is 1.58. The van der Waals surface area contributed by atoms with Crippen LogP contribution < -0.4 is 0 Å². The van der Waals surface area contributed by atoms with E-state index >= 15 is 0 Å². The predicted molar refractivity (Wildman–Crippen MR) is 94.3 cm³/mol. The lowest BCUT2D eigenvalue weighted by atomic mass is 10.3. The third-order valence-corrected chi connectivity index (χ3v) is 5.95. The van der Waals surface area contributed by atoms with Crippen LogP contribution in [0.4, 0.5) is 0 Å². The lowest BCUT2D eigenvalue weighted by Gasteiger charge is -2.30. The number of nitrogens with zero attached hydrogens (tertiary/aromatic N) is 4. The van der Waals surface area contributed by atoms with Crippen LogP contribution >= 0.6 is 23.5 Å². The van der Waals surface area contributed by atoms with Gasteiger partial charge in [-0.05, 0) is 12.1 Å². The number of ether oxygens (including phenoxy) is 1. The third kappa shape index (κ3) is 4.01. The van der Waals surface area contributed by atoms with Crippen LogP contribution in [0.2, 0.25) is 0 Å². The summed E-state index contributed by atoms with van der Waals surface area (Å²) in [5.41, 5.74) is 0. The van der Waals surface area contributed by atoms with E-state index in [1.165, 1.54) is 30.6 Å². The van der Waals surface area contributed by atoms with Gasteiger partial charge in [0.25, 0.3) is 0 Å². The van der Waals surface area contributed by atoms with Crippen molar-refractivity contribution in [2.45, 2.75) is 10.4 Å². The maximum atomic E-state index is 12.4. The highest BCUT2D eigenvalue weighted by Crippen LogP contribution is 2.24. The molecule has 1 atom stereocenters. The summed E-state index contributed by atoms with van der Waals surface area (Å²) in [5.74, 6) is 1.89. The molecule has 1 amide bonds. The summed E-state index contributed by atoms with van der Waals surface area (Å²) in [6, 6.07) is 3.59. The second kappa shape index (κ2) is 7.96. The number of methoxy groups -OCH3 is 1. The number of carbonyl (C=O) groups is 2. The van der Waals surface area contributed by atoms with Crippen molar-refractivity contribution in [3.05, 3.63) is 18.4 Å². The van der Waals surface area contributed by atoms with Gasteiger partial charge in [-0.15, -0.1) is 22.0 Å². The lowest BCUT2D eigenvalue weighted by molar-refractivity contribution is -0.141. The predicted octanol–water partition coefficient (Wildman–Crippen LogP) is 1.28. The molecular weight excluding hydrogens is 364 g/mol. The van der Waals surface area contributed by atoms with Crippen molar-refractivity contribution in [3.63, 3.8) is 0 Å². The van der Waals surface area contributed by atoms with Gasteiger partial charge in [0.2, 0.25) is 5.91 Å². The van der Waals surface area contributed by atoms with E-state index in [9.17, 15) is 9.59 Å². The number of hydrogen-bond donors (Lipinski definition) is 0. The molecule has 0 bridgehead atoms. The monoisotopic (exact) mass is 382 g/mol. The minimum atomic E-state index is -0.312. The first-order valence-corrected chi connectivity index (χ1v) is 9.67. The van der Waals surface area contributed by atoms with Crippen molar-refractivity contribution >= 4 is 35.4 Å². The van der Waals surface area contributed by atoms with Crippen LogP contribution in [0.1, 0.15) is 0 Å². The van der Waals surface area contributed by atoms with Crippen molar-refractivity contribution in [3.8, 4) is 11.6 Å². The summed E-state index contributed by atoms with van der Waals surface area (Å²) in [7, 11) is 3.19. The smallest absolute Gasteiger partial charge is 0.320 e. The van der Waals surface area contributed by atoms with Crippen LogP contribution in [0, 0.1) is 0 Å². The largest absolute Gasteiger partial charge is 0.468 e. The second-order valence-corrected chi connectivity index (χ2v) is 7.61. The number of thioether (sulfide) groups is 2. The van der Waals surface area contributed by atoms with Crippen molar-refractivity contribution in [1.82, 2.24) is 19.7 Å². The summed E-state index contributed by atoms with van der Waals surface area (Å²) in [5, 5.41) is 8.54. The van der Waals surface area contributed by atoms with Crippen molar-refractivity contribution in [2.75, 3.05) is 31.7 Å². The van der Waals surface area contributed by atoms with E-state index in [-0.39, 0.29) is 22.9 Å². The van der Waals surface area contributed by atoms with Crippen LogP contribution in [-0.2, 0) is 21.4 Å². The molecule has 2 aromatic heterocycles. The summed E-state index contributed by atoms with van der Waals surface area (Å²) in [6.45, 7) is 1.02. The SMILES string of the molecule is COC(=O)[C@H]1CN(C(=O)CSc2nnc(-c3ccco3)n2C)CCS1. The van der Waals surface area contributed by atoms with Gasteiger partial charge in [-0.1, -0.05) is 11.8 Å². The molecular formula is C15H18N4O4S2. The maximum Gasteiger partial charge on any atom is 0.320 e. The number of amides is 1. The fourth-order valence-electron chi connectivity index (χ4n) is 2.43. The van der Waals surface area contributed by atoms with Crippen LogP contribution in [0.15, 0.2) is 28.0 Å². The number of aromatic nitrogens is 3. The number of furan rings is 1. The fourth-order valence-corrected chi connectivity index (χ4v) is 4.37. The minimum absolute atomic E-state index is 0.0262. The molecule has 1 aliphatic rings. The molecule has 2 aromatic rings. The zero-order chi connectivity index (χ0) is 17.8. The molecule has 25 heavy (non-hydrogen) atoms. The highest BCUT2D eigenvalue weighted by Gasteiger charge is 2.29. The zero-order valence-corrected chi connectivity index (χ0v) is 15.5. The molecule has 134 valence electrons. The number of esters is 1. The van der Waals surface area contributed by atoms with E-state index in [0.29, 0.717) is 29.8 Å². The Kier molecular flexibility index (Phi) is 5.69. The van der Waals surface area contributed by atoms with Gasteiger partial charge in [-0.3, -0.25) is 9.59 Å². The Bertz CT molecular complexity index is 747. The normalized spacial score (nSPS) is 17.5. The van der Waals surface area contributed by atoms with Crippen molar-refractivity contribution in [1.29, 1.82) is 0 Å². The molecule has 1 saturated heterocycles. The molecule has 3 heterocycles. The second-order valence-electron chi connectivity index (χ2n) is 5.35. The first-order chi connectivity index (χ1) is 12.1. The quantitative estimate of drug-likeness (QED) is 0.564. The first-order valence-electron chi connectivity index (χ1n) is 7.63. The first kappa shape index (κ1) is 17.9. The standard InChI is InChI=1S/C15H18N4O4S2/c1-18-13(10-4-3-6-23-10)16-17-15(18)25-9-12(20)19-5-7-24-11(8-19)14(21)22-2/h3-4,6,11H,5,7-9H2,1-2H3/t11-/m1/s1. The van der Waals surface area contributed by atoms with Crippen LogP contribution in [0.3, 0.4) is 0 Å². The van der Waals surface area contributed by atoms with Crippen molar-refractivity contribution in [2.24, 2.45) is 7.05 Å². The van der Waals surface area contributed by atoms with Crippen LogP contribution in [0.5, 0.6) is 0 Å². The van der Waals surface area contributed by atoms with Crippen LogP contribution in [0.25, 0.3) is 11.6 Å². The van der Waals surface area contributed by atoms with E-state index in [1.807, 2.05) is 13.1 Å². The van der Waals surface area contributed by atoms with E-state index in [2.05, 4.69) is 10.2 Å². The van der Waals surface area contributed by atoms with Crippen LogP contribution in [-0.4, -0.2) is 68.5 Å². The molecule has 10 heteroatoms. The average Bonchev–Trinajstić information content (AvgIpc) is 3.28. The van der Waals surface area contributed by atoms with E-state index in [1.54, 1.807) is 21.8 Å². The van der Waals surface area contributed by atoms with Gasteiger partial charge < -0.3 is 18.6 Å². The van der Waals surface area contributed by atoms with Gasteiger partial charge >= 0.3 is 5.97 Å². The van der Waals surface area contributed by atoms with Gasteiger partial charge in [0, 0.05) is 25.9 Å². The molecule has 8 nitrogen and oxygen atoms in total. The van der Waals surface area contributed by atoms with Gasteiger partial charge in [0.1, 0.15) is 5.25 Å². The molecule has 1 fully saturated rings. The van der Waals surface area contributed by atoms with Gasteiger partial charge in [0.15, 0.2) is 16.7 Å². The molecule has 0 saturated carbocycles. The van der Waals surface area contributed by atoms with Gasteiger partial charge in [0.05, 0.1) is 19.1 Å². The minimum Gasteiger partial charge on any atom is -0.468 e. The molecule has 0 aromatic carbocycles. The average molecular weight is 382 g/mol. The molecule has 0 spiro atoms. The fraction of sp³-hybridized carbons (Fsp3) is 0.467. The van der Waals surface area contributed by atoms with Crippen molar-refractivity contribution < 1.29 is 18.7 Å². The van der Waals surface area contributed by atoms with E-state index in [4.69, 9.17) is 9.15 Å². The molecule has 3 rings (SSSR count). The third-order valence-electron chi connectivity index (χ3n) is 3.78. The molecule has 0 aliphatic carbocycles. The molecule has 0 unspecified atom stereocenters. The summed E-state index contributed by atoms with van der Waals surface area (Å²) < 4.78 is 11.9. The Morgan fingerprint density at radius 3 is 3.04 bits per heavy atom. The number of hydrogen-bond acceptors (Lipinski definition) is 8. The maximum absolute atomic E-state index is 12.4. The highest BCUT2D eigenvalue weighted by molar-refractivity contribution is 8.00. The number of rotatable bonds is 5. The van der Waals surface area contributed by atoms with E-state index in [0.717, 1.165) is 5.75 Å². The lowest BCUT2D eigenvalue weighted by Crippen LogP contribution is -2.45. The molecule has 0 radical (unpaired) electrons. The number of carbonyl (C=O) groups excluding carboxylic acids is 2. The zero-order valence-electron chi connectivity index (χ0n) is 13.9. The highest BCUT2D eigenvalue weighted by atomic mass is 32.2. The Morgan fingerprint density at radius 1 is 1.48 bits per heavy atom. The summed E-state index contributed by atoms with van der Waals surface area (Å²) in [4.78, 5) is 25.8. The molecule has 1 aliphatic heterocycles. The van der Waals surface area contributed by atoms with Gasteiger partial charge in [-0.2, -0.15) is 0 Å². The Morgan fingerprint density at radius 2 is 2.32 bits per heavy atom. The summed E-state index contributed by atoms with van der Waals surface area (Å²) in [6.07, 6.45) is 1.58. The topological polar surface area (TPSA) is 90.5 Å². The van der Waals surface area contributed by atoms with E-state index < -0.39 is 0 Å². The molecule has 0 N–H and O–H groups in total. The summed E-state index contributed by atoms with van der Waals surface area (Å²) >= 11 is 2.84. The Hall–Kier alpha value is -1.94.